The predicted octanol–water partition coefficient (Wildman–Crippen LogP) is 4.91. The van der Waals surface area contributed by atoms with Gasteiger partial charge in [0.2, 0.25) is 0 Å². The number of imidazole rings is 1. The Morgan fingerprint density at radius 1 is 0.903 bits per heavy atom. The Labute approximate surface area is 181 Å². The largest absolute Gasteiger partial charge is 0.497 e. The van der Waals surface area contributed by atoms with Crippen LogP contribution in [0.1, 0.15) is 48.4 Å². The molecule has 6 heteroatoms. The highest BCUT2D eigenvalue weighted by Crippen LogP contribution is 2.47. The Hall–Kier alpha value is -3.41. The molecule has 1 aliphatic carbocycles. The Balaban J connectivity index is 1.48. The van der Waals surface area contributed by atoms with Crippen LogP contribution in [0, 0.1) is 0 Å². The highest BCUT2D eigenvalue weighted by molar-refractivity contribution is 5.84. The smallest absolute Gasteiger partial charge is 0.165 e. The van der Waals surface area contributed by atoms with Gasteiger partial charge in [-0.05, 0) is 42.5 Å². The highest BCUT2D eigenvalue weighted by atomic mass is 16.5. The normalized spacial score (nSPS) is 21.0. The molecule has 0 bridgehead atoms. The molecule has 2 aromatic heterocycles. The van der Waals surface area contributed by atoms with Crippen LogP contribution in [0.3, 0.4) is 0 Å². The van der Waals surface area contributed by atoms with Crippen molar-refractivity contribution in [3.8, 4) is 5.75 Å². The number of hydrogen-bond acceptors (Lipinski definition) is 5. The second kappa shape index (κ2) is 7.38. The summed E-state index contributed by atoms with van der Waals surface area (Å²) in [5.41, 5.74) is 4.43. The zero-order chi connectivity index (χ0) is 20.8. The molecular formula is C25H25N5O. The number of methoxy groups -OCH3 is 1. The molecule has 2 unspecified atom stereocenters. The molecule has 6 rings (SSSR count). The van der Waals surface area contributed by atoms with E-state index in [9.17, 15) is 0 Å². The van der Waals surface area contributed by atoms with E-state index in [0.29, 0.717) is 12.0 Å². The van der Waals surface area contributed by atoms with Gasteiger partial charge in [-0.2, -0.15) is 0 Å². The van der Waals surface area contributed by atoms with E-state index in [-0.39, 0.29) is 6.04 Å². The molecule has 1 saturated heterocycles. The summed E-state index contributed by atoms with van der Waals surface area (Å²) in [7, 11) is 1.72. The summed E-state index contributed by atoms with van der Waals surface area (Å²) in [6.45, 7) is 0.920. The predicted molar refractivity (Wildman–Crippen MR) is 120 cm³/mol. The first-order valence-electron chi connectivity index (χ1n) is 11.0. The van der Waals surface area contributed by atoms with Crippen molar-refractivity contribution in [3.63, 3.8) is 0 Å². The van der Waals surface area contributed by atoms with Crippen molar-refractivity contribution in [2.75, 3.05) is 18.6 Å². The van der Waals surface area contributed by atoms with E-state index in [1.54, 1.807) is 13.4 Å². The van der Waals surface area contributed by atoms with Gasteiger partial charge in [-0.3, -0.25) is 0 Å². The Kier molecular flexibility index (Phi) is 4.37. The first-order chi connectivity index (χ1) is 15.3. The lowest BCUT2D eigenvalue weighted by Gasteiger charge is -2.30. The molecule has 0 spiro atoms. The lowest BCUT2D eigenvalue weighted by molar-refractivity contribution is 0.413. The maximum atomic E-state index is 5.54. The van der Waals surface area contributed by atoms with Crippen molar-refractivity contribution >= 4 is 17.0 Å². The number of aromatic nitrogens is 4. The summed E-state index contributed by atoms with van der Waals surface area (Å²) in [6.07, 6.45) is 7.09. The molecule has 0 radical (unpaired) electrons. The van der Waals surface area contributed by atoms with Crippen LogP contribution in [0.4, 0.5) is 5.82 Å². The topological polar surface area (TPSA) is 56.1 Å². The van der Waals surface area contributed by atoms with Gasteiger partial charge in [0.05, 0.1) is 19.5 Å². The molecule has 3 heterocycles. The van der Waals surface area contributed by atoms with Crippen LogP contribution in [-0.2, 0) is 0 Å². The number of fused-ring (bicyclic) bond motifs is 1. The minimum absolute atomic E-state index is 0.154. The van der Waals surface area contributed by atoms with Crippen LogP contribution in [0.5, 0.6) is 5.75 Å². The molecular weight excluding hydrogens is 386 g/mol. The van der Waals surface area contributed by atoms with Gasteiger partial charge in [-0.1, -0.05) is 42.5 Å². The average molecular weight is 412 g/mol. The standard InChI is InChI=1S/C25H25N5O/c1-31-20-9-5-8-18(14-20)23-21(17-6-3-2-4-7-17)12-13-29(23)24-22-25(27-15-26-24)30(16-28-22)19-10-11-19/h2-9,14-16,19,21,23H,10-13H2,1H3. The van der Waals surface area contributed by atoms with E-state index in [0.717, 1.165) is 35.7 Å². The highest BCUT2D eigenvalue weighted by Gasteiger charge is 2.38. The fraction of sp³-hybridized carbons (Fsp3) is 0.320. The summed E-state index contributed by atoms with van der Waals surface area (Å²) in [5.74, 6) is 2.17. The number of anilines is 1. The second-order valence-electron chi connectivity index (χ2n) is 8.47. The molecule has 31 heavy (non-hydrogen) atoms. The van der Waals surface area contributed by atoms with Crippen LogP contribution in [0.2, 0.25) is 0 Å². The van der Waals surface area contributed by atoms with E-state index < -0.39 is 0 Å². The molecule has 0 amide bonds. The summed E-state index contributed by atoms with van der Waals surface area (Å²) in [4.78, 5) is 16.5. The quantitative estimate of drug-likeness (QED) is 0.467. The fourth-order valence-corrected chi connectivity index (χ4v) is 4.99. The van der Waals surface area contributed by atoms with Crippen molar-refractivity contribution < 1.29 is 4.74 Å². The first-order valence-corrected chi connectivity index (χ1v) is 11.0. The fourth-order valence-electron chi connectivity index (χ4n) is 4.99. The Bertz CT molecular complexity index is 1220. The molecule has 0 N–H and O–H groups in total. The van der Waals surface area contributed by atoms with E-state index >= 15 is 0 Å². The number of rotatable bonds is 5. The van der Waals surface area contributed by atoms with Crippen LogP contribution >= 0.6 is 0 Å². The van der Waals surface area contributed by atoms with E-state index in [2.05, 4.69) is 63.0 Å². The van der Waals surface area contributed by atoms with E-state index in [1.807, 2.05) is 12.4 Å². The summed E-state index contributed by atoms with van der Waals surface area (Å²) < 4.78 is 7.76. The Morgan fingerprint density at radius 2 is 1.74 bits per heavy atom. The van der Waals surface area contributed by atoms with Crippen LogP contribution < -0.4 is 9.64 Å². The zero-order valence-electron chi connectivity index (χ0n) is 17.6. The minimum Gasteiger partial charge on any atom is -0.497 e. The minimum atomic E-state index is 0.154. The van der Waals surface area contributed by atoms with Gasteiger partial charge in [-0.25, -0.2) is 15.0 Å². The van der Waals surface area contributed by atoms with Gasteiger partial charge >= 0.3 is 0 Å². The summed E-state index contributed by atoms with van der Waals surface area (Å²) in [6, 6.07) is 19.9. The molecule has 2 fully saturated rings. The molecule has 4 aromatic rings. The third-order valence-corrected chi connectivity index (χ3v) is 6.61. The van der Waals surface area contributed by atoms with Gasteiger partial charge < -0.3 is 14.2 Å². The molecule has 2 aliphatic rings. The Morgan fingerprint density at radius 3 is 2.55 bits per heavy atom. The van der Waals surface area contributed by atoms with Crippen LogP contribution in [-0.4, -0.2) is 33.2 Å². The average Bonchev–Trinajstić information content (AvgIpc) is 3.42. The van der Waals surface area contributed by atoms with Crippen molar-refractivity contribution in [1.29, 1.82) is 0 Å². The molecule has 2 atom stereocenters. The van der Waals surface area contributed by atoms with Gasteiger partial charge in [0.25, 0.3) is 0 Å². The summed E-state index contributed by atoms with van der Waals surface area (Å²) >= 11 is 0. The van der Waals surface area contributed by atoms with Crippen LogP contribution in [0.25, 0.3) is 11.2 Å². The number of hydrogen-bond donors (Lipinski definition) is 0. The SMILES string of the molecule is COc1cccc(C2C(c3ccccc3)CCN2c2ncnc3c2ncn3C2CC2)c1. The van der Waals surface area contributed by atoms with E-state index in [1.165, 1.54) is 24.0 Å². The lowest BCUT2D eigenvalue weighted by Crippen LogP contribution is -2.26. The van der Waals surface area contributed by atoms with Gasteiger partial charge in [-0.15, -0.1) is 0 Å². The van der Waals surface area contributed by atoms with Crippen molar-refractivity contribution in [3.05, 3.63) is 78.4 Å². The number of benzene rings is 2. The maximum Gasteiger partial charge on any atom is 0.165 e. The van der Waals surface area contributed by atoms with Crippen molar-refractivity contribution in [2.45, 2.75) is 37.3 Å². The maximum absolute atomic E-state index is 5.54. The third-order valence-electron chi connectivity index (χ3n) is 6.61. The van der Waals surface area contributed by atoms with Gasteiger partial charge in [0.15, 0.2) is 17.0 Å². The van der Waals surface area contributed by atoms with Crippen LogP contribution in [0.15, 0.2) is 67.3 Å². The molecule has 6 nitrogen and oxygen atoms in total. The van der Waals surface area contributed by atoms with Gasteiger partial charge in [0, 0.05) is 18.5 Å². The van der Waals surface area contributed by atoms with Gasteiger partial charge in [0.1, 0.15) is 12.1 Å². The molecule has 1 aliphatic heterocycles. The lowest BCUT2D eigenvalue weighted by atomic mass is 9.87. The molecule has 1 saturated carbocycles. The number of ether oxygens (including phenoxy) is 1. The number of nitrogens with zero attached hydrogens (tertiary/aromatic N) is 5. The third kappa shape index (κ3) is 3.14. The molecule has 2 aromatic carbocycles. The zero-order valence-corrected chi connectivity index (χ0v) is 17.6. The van der Waals surface area contributed by atoms with Crippen molar-refractivity contribution in [1.82, 2.24) is 19.5 Å². The van der Waals surface area contributed by atoms with E-state index in [4.69, 9.17) is 14.7 Å². The summed E-state index contributed by atoms with van der Waals surface area (Å²) in [5, 5.41) is 0. The second-order valence-corrected chi connectivity index (χ2v) is 8.47. The monoisotopic (exact) mass is 411 g/mol. The molecule has 156 valence electrons. The van der Waals surface area contributed by atoms with Crippen molar-refractivity contribution in [2.24, 2.45) is 0 Å². The first kappa shape index (κ1) is 18.4.